The van der Waals surface area contributed by atoms with E-state index in [1.807, 2.05) is 18.2 Å². The number of benzene rings is 1. The van der Waals surface area contributed by atoms with Crippen LogP contribution in [0.15, 0.2) is 54.3 Å². The molecule has 4 aromatic rings. The van der Waals surface area contributed by atoms with Gasteiger partial charge in [-0.1, -0.05) is 12.1 Å². The summed E-state index contributed by atoms with van der Waals surface area (Å²) in [6, 6.07) is 13.9. The van der Waals surface area contributed by atoms with Gasteiger partial charge in [0.1, 0.15) is 28.5 Å². The van der Waals surface area contributed by atoms with Crippen molar-refractivity contribution >= 4 is 33.2 Å². The topological polar surface area (TPSA) is 78.2 Å². The Morgan fingerprint density at radius 1 is 1.00 bits per heavy atom. The number of aromatic nitrogens is 3. The zero-order chi connectivity index (χ0) is 21.2. The Labute approximate surface area is 184 Å². The summed E-state index contributed by atoms with van der Waals surface area (Å²) in [5.41, 5.74) is 2.90. The summed E-state index contributed by atoms with van der Waals surface area (Å²) in [7, 11) is 1.67. The van der Waals surface area contributed by atoms with Crippen molar-refractivity contribution in [1.82, 2.24) is 15.0 Å². The Hall–Kier alpha value is -3.70. The normalized spacial score (nSPS) is 13.9. The molecule has 1 aliphatic heterocycles. The van der Waals surface area contributed by atoms with E-state index in [9.17, 15) is 0 Å². The van der Waals surface area contributed by atoms with E-state index in [1.165, 1.54) is 0 Å². The maximum atomic E-state index is 9.16. The summed E-state index contributed by atoms with van der Waals surface area (Å²) in [6.07, 6.45) is 3.34. The van der Waals surface area contributed by atoms with Gasteiger partial charge in [0.25, 0.3) is 0 Å². The minimum Gasteiger partial charge on any atom is -0.497 e. The fourth-order valence-corrected chi connectivity index (χ4v) is 4.80. The molecular weight excluding hydrogens is 408 g/mol. The average molecular weight is 429 g/mol. The zero-order valence-corrected chi connectivity index (χ0v) is 17.8. The quantitative estimate of drug-likeness (QED) is 0.487. The molecule has 0 unspecified atom stereocenters. The van der Waals surface area contributed by atoms with E-state index in [2.05, 4.69) is 48.3 Å². The highest BCUT2D eigenvalue weighted by molar-refractivity contribution is 7.17. The summed E-state index contributed by atoms with van der Waals surface area (Å²) >= 11 is 1.64. The molecule has 0 radical (unpaired) electrons. The number of nitrogens with zero attached hydrogens (tertiary/aromatic N) is 6. The lowest BCUT2D eigenvalue weighted by Crippen LogP contribution is -2.47. The molecule has 1 saturated heterocycles. The van der Waals surface area contributed by atoms with Crippen LogP contribution in [0.1, 0.15) is 5.56 Å². The molecule has 1 fully saturated rings. The van der Waals surface area contributed by atoms with Crippen LogP contribution in [0.2, 0.25) is 0 Å². The van der Waals surface area contributed by atoms with Crippen LogP contribution in [0.3, 0.4) is 0 Å². The largest absolute Gasteiger partial charge is 0.497 e. The summed E-state index contributed by atoms with van der Waals surface area (Å²) < 4.78 is 5.30. The highest BCUT2D eigenvalue weighted by Gasteiger charge is 2.23. The van der Waals surface area contributed by atoms with E-state index in [1.54, 1.807) is 37.0 Å². The molecule has 1 aromatic carbocycles. The van der Waals surface area contributed by atoms with E-state index in [-0.39, 0.29) is 0 Å². The van der Waals surface area contributed by atoms with Gasteiger partial charge in [0.2, 0.25) is 0 Å². The fourth-order valence-electron chi connectivity index (χ4n) is 3.89. The lowest BCUT2D eigenvalue weighted by atomic mass is 10.1. The van der Waals surface area contributed by atoms with Crippen molar-refractivity contribution in [3.8, 4) is 22.9 Å². The Bertz CT molecular complexity index is 1260. The van der Waals surface area contributed by atoms with Gasteiger partial charge in [0.05, 0.1) is 24.1 Å². The molecular formula is C23H20N6OS. The van der Waals surface area contributed by atoms with Crippen molar-refractivity contribution in [3.05, 3.63) is 59.9 Å². The molecule has 0 aliphatic carbocycles. The average Bonchev–Trinajstić information content (AvgIpc) is 3.29. The van der Waals surface area contributed by atoms with Gasteiger partial charge in [0, 0.05) is 43.3 Å². The molecule has 7 nitrogen and oxygen atoms in total. The third-order valence-corrected chi connectivity index (χ3v) is 6.42. The molecule has 0 N–H and O–H groups in total. The summed E-state index contributed by atoms with van der Waals surface area (Å²) in [5, 5.41) is 12.4. The fraction of sp³-hybridized carbons (Fsp3) is 0.217. The lowest BCUT2D eigenvalue weighted by Gasteiger charge is -2.36. The van der Waals surface area contributed by atoms with E-state index in [4.69, 9.17) is 10.00 Å². The van der Waals surface area contributed by atoms with Crippen LogP contribution >= 0.6 is 11.3 Å². The Kier molecular flexibility index (Phi) is 5.10. The van der Waals surface area contributed by atoms with Crippen LogP contribution in [-0.2, 0) is 0 Å². The van der Waals surface area contributed by atoms with Gasteiger partial charge in [-0.2, -0.15) is 5.26 Å². The molecule has 1 aliphatic rings. The number of hydrogen-bond donors (Lipinski definition) is 0. The first-order chi connectivity index (χ1) is 15.3. The molecule has 4 heterocycles. The van der Waals surface area contributed by atoms with Crippen LogP contribution in [0, 0.1) is 11.3 Å². The minimum absolute atomic E-state index is 0.632. The van der Waals surface area contributed by atoms with E-state index >= 15 is 0 Å². The maximum absolute atomic E-state index is 9.16. The van der Waals surface area contributed by atoms with Gasteiger partial charge in [-0.25, -0.2) is 15.0 Å². The maximum Gasteiger partial charge on any atom is 0.141 e. The molecule has 154 valence electrons. The highest BCUT2D eigenvalue weighted by Crippen LogP contribution is 2.38. The summed E-state index contributed by atoms with van der Waals surface area (Å²) in [5.74, 6) is 2.65. The van der Waals surface area contributed by atoms with Crippen molar-refractivity contribution in [3.63, 3.8) is 0 Å². The van der Waals surface area contributed by atoms with Crippen LogP contribution in [0.4, 0.5) is 11.6 Å². The monoisotopic (exact) mass is 428 g/mol. The van der Waals surface area contributed by atoms with Crippen molar-refractivity contribution < 1.29 is 4.74 Å². The number of methoxy groups -OCH3 is 1. The molecule has 0 spiro atoms. The lowest BCUT2D eigenvalue weighted by molar-refractivity contribution is 0.415. The number of rotatable bonds is 4. The summed E-state index contributed by atoms with van der Waals surface area (Å²) in [6.45, 7) is 3.27. The molecule has 0 amide bonds. The number of piperazine rings is 1. The Morgan fingerprint density at radius 2 is 1.77 bits per heavy atom. The van der Waals surface area contributed by atoms with Crippen molar-refractivity contribution in [1.29, 1.82) is 5.26 Å². The third kappa shape index (κ3) is 3.64. The number of fused-ring (bicyclic) bond motifs is 1. The molecule has 0 saturated carbocycles. The molecule has 0 bridgehead atoms. The van der Waals surface area contributed by atoms with Gasteiger partial charge in [-0.05, 0) is 29.8 Å². The van der Waals surface area contributed by atoms with Crippen LogP contribution < -0.4 is 14.5 Å². The number of nitriles is 1. The predicted octanol–water partition coefficient (Wildman–Crippen LogP) is 3.96. The highest BCUT2D eigenvalue weighted by atomic mass is 32.1. The second-order valence-electron chi connectivity index (χ2n) is 7.24. The van der Waals surface area contributed by atoms with E-state index in [0.29, 0.717) is 5.56 Å². The zero-order valence-electron chi connectivity index (χ0n) is 17.0. The Balaban J connectivity index is 1.43. The first-order valence-corrected chi connectivity index (χ1v) is 10.9. The van der Waals surface area contributed by atoms with Crippen LogP contribution in [-0.4, -0.2) is 48.2 Å². The van der Waals surface area contributed by atoms with Crippen molar-refractivity contribution in [2.75, 3.05) is 43.1 Å². The first-order valence-electron chi connectivity index (χ1n) is 9.99. The minimum atomic E-state index is 0.632. The second-order valence-corrected chi connectivity index (χ2v) is 8.10. The molecule has 0 atom stereocenters. The molecule has 8 heteroatoms. The SMILES string of the molecule is COc1ccc(-c2csc3ncnc(N4CCN(c5cc(C#N)ccn5)CC4)c23)cc1. The summed E-state index contributed by atoms with van der Waals surface area (Å²) in [4.78, 5) is 19.1. The van der Waals surface area contributed by atoms with Gasteiger partial charge in [-0.15, -0.1) is 11.3 Å². The number of anilines is 2. The number of hydrogen-bond acceptors (Lipinski definition) is 8. The van der Waals surface area contributed by atoms with Crippen molar-refractivity contribution in [2.24, 2.45) is 0 Å². The number of pyridine rings is 1. The van der Waals surface area contributed by atoms with Crippen LogP contribution in [0.5, 0.6) is 5.75 Å². The Morgan fingerprint density at radius 3 is 2.52 bits per heavy atom. The smallest absolute Gasteiger partial charge is 0.141 e. The van der Waals surface area contributed by atoms with Crippen molar-refractivity contribution in [2.45, 2.75) is 0 Å². The predicted molar refractivity (Wildman–Crippen MR) is 123 cm³/mol. The van der Waals surface area contributed by atoms with E-state index in [0.717, 1.165) is 64.9 Å². The second kappa shape index (κ2) is 8.20. The van der Waals surface area contributed by atoms with Crippen LogP contribution in [0.25, 0.3) is 21.3 Å². The standard InChI is InChI=1S/C23H20N6OS/c1-30-18-4-2-17(3-5-18)19-14-31-23-21(19)22(26-15-27-23)29-10-8-28(9-11-29)20-12-16(13-24)6-7-25-20/h2-7,12,14-15H,8-11H2,1H3. The molecule has 3 aromatic heterocycles. The van der Waals surface area contributed by atoms with Gasteiger partial charge < -0.3 is 14.5 Å². The number of ether oxygens (including phenoxy) is 1. The number of thiophene rings is 1. The van der Waals surface area contributed by atoms with Gasteiger partial charge in [0.15, 0.2) is 0 Å². The molecule has 5 rings (SSSR count). The third-order valence-electron chi connectivity index (χ3n) is 5.53. The van der Waals surface area contributed by atoms with Gasteiger partial charge in [-0.3, -0.25) is 0 Å². The van der Waals surface area contributed by atoms with E-state index < -0.39 is 0 Å². The molecule has 31 heavy (non-hydrogen) atoms. The first kappa shape index (κ1) is 19.3. The van der Waals surface area contributed by atoms with Gasteiger partial charge >= 0.3 is 0 Å².